The minimum atomic E-state index is -0.931. The molecule has 1 rings (SSSR count). The van der Waals surface area contributed by atoms with E-state index in [1.807, 2.05) is 0 Å². The Balaban J connectivity index is 2.29. The Bertz CT molecular complexity index is 66.6. The van der Waals surface area contributed by atoms with Crippen LogP contribution < -0.4 is 5.32 Å². The van der Waals surface area contributed by atoms with Crippen molar-refractivity contribution in [2.24, 2.45) is 0 Å². The number of hydrogen-bond acceptors (Lipinski definition) is 2. The summed E-state index contributed by atoms with van der Waals surface area (Å²) in [7, 11) is 0. The van der Waals surface area contributed by atoms with E-state index in [0.717, 1.165) is 0 Å². The predicted molar refractivity (Wildman–Crippen MR) is 30.2 cm³/mol. The van der Waals surface area contributed by atoms with Crippen LogP contribution in [0.5, 0.6) is 0 Å². The van der Waals surface area contributed by atoms with Gasteiger partial charge in [-0.2, -0.15) is 0 Å². The maximum atomic E-state index is 12.5. The molecule has 7 heavy (non-hydrogen) atoms. The molecule has 1 N–H and O–H groups in total. The van der Waals surface area contributed by atoms with E-state index in [1.165, 1.54) is 11.8 Å². The second-order valence-corrected chi connectivity index (χ2v) is 2.83. The lowest BCUT2D eigenvalue weighted by Gasteiger charge is -2.32. The summed E-state index contributed by atoms with van der Waals surface area (Å²) in [6.45, 7) is 1.04. The lowest BCUT2D eigenvalue weighted by Crippen LogP contribution is -2.53. The summed E-state index contributed by atoms with van der Waals surface area (Å²) in [6.07, 6.45) is 1.79. The Kier molecular flexibility index (Phi) is 1.26. The van der Waals surface area contributed by atoms with Crippen molar-refractivity contribution >= 4 is 11.8 Å². The largest absolute Gasteiger partial charge is 0.309 e. The molecule has 0 aromatic rings. The maximum Gasteiger partial charge on any atom is 0.180 e. The van der Waals surface area contributed by atoms with E-state index in [4.69, 9.17) is 0 Å². The van der Waals surface area contributed by atoms with Crippen LogP contribution in [-0.4, -0.2) is 24.3 Å². The lowest BCUT2D eigenvalue weighted by atomic mass is 10.2. The molecule has 0 spiro atoms. The van der Waals surface area contributed by atoms with Gasteiger partial charge in [0.1, 0.15) is 0 Å². The van der Waals surface area contributed by atoms with Crippen LogP contribution in [0, 0.1) is 0 Å². The zero-order chi connectivity index (χ0) is 5.33. The summed E-state index contributed by atoms with van der Waals surface area (Å²) >= 11 is 1.28. The molecular formula is C4H8FNS. The van der Waals surface area contributed by atoms with Crippen LogP contribution in [0.25, 0.3) is 0 Å². The molecular weight excluding hydrogens is 113 g/mol. The number of thioether (sulfide) groups is 1. The highest BCUT2D eigenvalue weighted by molar-refractivity contribution is 7.99. The van der Waals surface area contributed by atoms with Crippen LogP contribution in [-0.2, 0) is 0 Å². The normalized spacial score (nSPS) is 26.6. The summed E-state index contributed by atoms with van der Waals surface area (Å²) < 4.78 is 12.5. The minimum Gasteiger partial charge on any atom is -0.309 e. The van der Waals surface area contributed by atoms with Crippen LogP contribution in [0.4, 0.5) is 4.39 Å². The fraction of sp³-hybridized carbons (Fsp3) is 1.00. The standard InChI is InChI=1S/C4H8FNS/c1-7-4(5)2-6-3-4/h6H,2-3H2,1H3. The monoisotopic (exact) mass is 121 g/mol. The highest BCUT2D eigenvalue weighted by Crippen LogP contribution is 2.27. The molecule has 0 unspecified atom stereocenters. The van der Waals surface area contributed by atoms with Crippen molar-refractivity contribution in [3.05, 3.63) is 0 Å². The molecule has 0 aromatic heterocycles. The first kappa shape index (κ1) is 5.38. The molecule has 3 heteroatoms. The van der Waals surface area contributed by atoms with E-state index in [-0.39, 0.29) is 0 Å². The summed E-state index contributed by atoms with van der Waals surface area (Å²) in [4.78, 5) is 0. The van der Waals surface area contributed by atoms with Crippen molar-refractivity contribution < 1.29 is 4.39 Å². The molecule has 1 aliphatic heterocycles. The van der Waals surface area contributed by atoms with Gasteiger partial charge in [0, 0.05) is 13.1 Å². The Morgan fingerprint density at radius 2 is 2.29 bits per heavy atom. The van der Waals surface area contributed by atoms with Crippen LogP contribution in [0.3, 0.4) is 0 Å². The second kappa shape index (κ2) is 1.63. The molecule has 1 aliphatic rings. The molecule has 0 aliphatic carbocycles. The van der Waals surface area contributed by atoms with Gasteiger partial charge in [-0.1, -0.05) is 0 Å². The zero-order valence-corrected chi connectivity index (χ0v) is 5.02. The van der Waals surface area contributed by atoms with Crippen LogP contribution in [0.15, 0.2) is 0 Å². The third-order valence-electron chi connectivity index (χ3n) is 1.14. The number of rotatable bonds is 1. The fourth-order valence-corrected chi connectivity index (χ4v) is 0.959. The van der Waals surface area contributed by atoms with Gasteiger partial charge in [-0.3, -0.25) is 0 Å². The topological polar surface area (TPSA) is 12.0 Å². The van der Waals surface area contributed by atoms with Gasteiger partial charge in [0.15, 0.2) is 5.00 Å². The van der Waals surface area contributed by atoms with E-state index in [1.54, 1.807) is 6.26 Å². The van der Waals surface area contributed by atoms with E-state index >= 15 is 0 Å². The van der Waals surface area contributed by atoms with Crippen molar-refractivity contribution in [2.45, 2.75) is 5.00 Å². The minimum absolute atomic E-state index is 0.522. The van der Waals surface area contributed by atoms with E-state index in [0.29, 0.717) is 13.1 Å². The average Bonchev–Trinajstić information content (AvgIpc) is 1.61. The van der Waals surface area contributed by atoms with Crippen molar-refractivity contribution in [2.75, 3.05) is 19.3 Å². The van der Waals surface area contributed by atoms with Crippen molar-refractivity contribution in [1.82, 2.24) is 5.32 Å². The first-order valence-electron chi connectivity index (χ1n) is 2.22. The number of nitrogens with one attached hydrogen (secondary N) is 1. The number of halogens is 1. The highest BCUT2D eigenvalue weighted by Gasteiger charge is 2.35. The Morgan fingerprint density at radius 1 is 1.71 bits per heavy atom. The van der Waals surface area contributed by atoms with Gasteiger partial charge >= 0.3 is 0 Å². The summed E-state index contributed by atoms with van der Waals surface area (Å²) in [6, 6.07) is 0. The van der Waals surface area contributed by atoms with Gasteiger partial charge in [0.25, 0.3) is 0 Å². The summed E-state index contributed by atoms with van der Waals surface area (Å²) in [5.41, 5.74) is 0. The third kappa shape index (κ3) is 0.888. The Morgan fingerprint density at radius 3 is 2.29 bits per heavy atom. The Labute approximate surface area is 46.7 Å². The number of hydrogen-bond donors (Lipinski definition) is 1. The van der Waals surface area contributed by atoms with Gasteiger partial charge < -0.3 is 5.32 Å². The van der Waals surface area contributed by atoms with E-state index in [2.05, 4.69) is 5.32 Å². The number of alkyl halides is 1. The lowest BCUT2D eigenvalue weighted by molar-refractivity contribution is 0.198. The first-order valence-corrected chi connectivity index (χ1v) is 3.44. The van der Waals surface area contributed by atoms with Crippen LogP contribution in [0.2, 0.25) is 0 Å². The molecule has 1 saturated heterocycles. The van der Waals surface area contributed by atoms with Crippen LogP contribution in [0.1, 0.15) is 0 Å². The molecule has 1 nitrogen and oxygen atoms in total. The third-order valence-corrected chi connectivity index (χ3v) is 2.16. The molecule has 0 aromatic carbocycles. The molecule has 0 atom stereocenters. The van der Waals surface area contributed by atoms with Gasteiger partial charge in [-0.15, -0.1) is 11.8 Å². The van der Waals surface area contributed by atoms with E-state index in [9.17, 15) is 4.39 Å². The van der Waals surface area contributed by atoms with E-state index < -0.39 is 5.00 Å². The van der Waals surface area contributed by atoms with Gasteiger partial charge in [0.05, 0.1) is 0 Å². The average molecular weight is 121 g/mol. The molecule has 1 heterocycles. The first-order chi connectivity index (χ1) is 3.27. The van der Waals surface area contributed by atoms with Gasteiger partial charge in [-0.05, 0) is 6.26 Å². The smallest absolute Gasteiger partial charge is 0.180 e. The second-order valence-electron chi connectivity index (χ2n) is 1.69. The molecule has 0 amide bonds. The van der Waals surface area contributed by atoms with Gasteiger partial charge in [0.2, 0.25) is 0 Å². The molecule has 42 valence electrons. The highest BCUT2D eigenvalue weighted by atomic mass is 32.2. The SMILES string of the molecule is CSC1(F)CNC1. The summed E-state index contributed by atoms with van der Waals surface area (Å²) in [5.74, 6) is 0. The maximum absolute atomic E-state index is 12.5. The molecule has 1 fully saturated rings. The quantitative estimate of drug-likeness (QED) is 0.545. The summed E-state index contributed by atoms with van der Waals surface area (Å²) in [5, 5.41) is 1.93. The Hall–Kier alpha value is 0.240. The molecule has 0 saturated carbocycles. The molecule has 0 radical (unpaired) electrons. The molecule has 0 bridgehead atoms. The zero-order valence-electron chi connectivity index (χ0n) is 4.20. The van der Waals surface area contributed by atoms with Crippen molar-refractivity contribution in [3.63, 3.8) is 0 Å². The van der Waals surface area contributed by atoms with Gasteiger partial charge in [-0.25, -0.2) is 4.39 Å². The van der Waals surface area contributed by atoms with Crippen molar-refractivity contribution in [1.29, 1.82) is 0 Å². The predicted octanol–water partition coefficient (Wildman–Crippen LogP) is 0.618. The van der Waals surface area contributed by atoms with Crippen LogP contribution >= 0.6 is 11.8 Å². The van der Waals surface area contributed by atoms with Crippen molar-refractivity contribution in [3.8, 4) is 0 Å². The fourth-order valence-electron chi connectivity index (χ4n) is 0.466.